The number of nitrogens with one attached hydrogen (secondary N) is 2. The van der Waals surface area contributed by atoms with Gasteiger partial charge in [-0.2, -0.15) is 0 Å². The first-order chi connectivity index (χ1) is 12.2. The van der Waals surface area contributed by atoms with Crippen LogP contribution in [-0.4, -0.2) is 26.1 Å². The molecule has 1 aliphatic heterocycles. The van der Waals surface area contributed by atoms with E-state index < -0.39 is 0 Å². The average Bonchev–Trinajstić information content (AvgIpc) is 2.68. The van der Waals surface area contributed by atoms with E-state index in [-0.39, 0.29) is 30.3 Å². The van der Waals surface area contributed by atoms with E-state index in [1.54, 1.807) is 7.11 Å². The molecule has 26 heavy (non-hydrogen) atoms. The van der Waals surface area contributed by atoms with Crippen molar-refractivity contribution in [3.05, 3.63) is 54.1 Å². The molecule has 1 saturated heterocycles. The fraction of sp³-hybridized carbons (Fsp3) is 0.381. The normalized spacial score (nSPS) is 17.7. The lowest BCUT2D eigenvalue weighted by atomic mass is 9.97. The minimum absolute atomic E-state index is 0. The first-order valence-electron chi connectivity index (χ1n) is 8.93. The summed E-state index contributed by atoms with van der Waals surface area (Å²) >= 11 is 0. The van der Waals surface area contributed by atoms with Crippen molar-refractivity contribution in [3.63, 3.8) is 0 Å². The molecule has 3 rings (SSSR count). The summed E-state index contributed by atoms with van der Waals surface area (Å²) in [5.41, 5.74) is 3.29. The SMILES string of the molecule is COc1ccccc1-c1ccc(C(C)NC(=O)C2CCCNC2)cc1.Cl. The van der Waals surface area contributed by atoms with Gasteiger partial charge in [-0.3, -0.25) is 4.79 Å². The third-order valence-corrected chi connectivity index (χ3v) is 4.86. The van der Waals surface area contributed by atoms with Crippen LogP contribution in [0.25, 0.3) is 11.1 Å². The predicted octanol–water partition coefficient (Wildman–Crippen LogP) is 3.96. The number of benzene rings is 2. The highest BCUT2D eigenvalue weighted by Gasteiger charge is 2.22. The average molecular weight is 375 g/mol. The summed E-state index contributed by atoms with van der Waals surface area (Å²) in [5.74, 6) is 1.10. The molecule has 0 spiro atoms. The Balaban J connectivity index is 0.00000243. The van der Waals surface area contributed by atoms with Crippen LogP contribution in [0, 0.1) is 5.92 Å². The molecule has 0 saturated carbocycles. The lowest BCUT2D eigenvalue weighted by Gasteiger charge is -2.24. The Morgan fingerprint density at radius 1 is 1.19 bits per heavy atom. The van der Waals surface area contributed by atoms with Crippen molar-refractivity contribution >= 4 is 18.3 Å². The molecule has 4 nitrogen and oxygen atoms in total. The van der Waals surface area contributed by atoms with Gasteiger partial charge < -0.3 is 15.4 Å². The van der Waals surface area contributed by atoms with Gasteiger partial charge in [0.1, 0.15) is 5.75 Å². The number of hydrogen-bond donors (Lipinski definition) is 2. The quantitative estimate of drug-likeness (QED) is 0.832. The number of carbonyl (C=O) groups excluding carboxylic acids is 1. The van der Waals surface area contributed by atoms with Gasteiger partial charge in [-0.25, -0.2) is 0 Å². The van der Waals surface area contributed by atoms with E-state index in [9.17, 15) is 4.79 Å². The molecule has 2 aromatic rings. The summed E-state index contributed by atoms with van der Waals surface area (Å²) in [6.45, 7) is 3.83. The Morgan fingerprint density at radius 3 is 2.58 bits per heavy atom. The van der Waals surface area contributed by atoms with Crippen molar-refractivity contribution in [2.45, 2.75) is 25.8 Å². The van der Waals surface area contributed by atoms with Crippen LogP contribution in [0.4, 0.5) is 0 Å². The molecular formula is C21H27ClN2O2. The van der Waals surface area contributed by atoms with Crippen LogP contribution in [0.2, 0.25) is 0 Å². The van der Waals surface area contributed by atoms with Gasteiger partial charge in [0.05, 0.1) is 19.1 Å². The summed E-state index contributed by atoms with van der Waals surface area (Å²) in [7, 11) is 1.69. The molecule has 0 aromatic heterocycles. The summed E-state index contributed by atoms with van der Waals surface area (Å²) in [5, 5.41) is 6.44. The number of methoxy groups -OCH3 is 1. The van der Waals surface area contributed by atoms with E-state index in [2.05, 4.69) is 41.0 Å². The van der Waals surface area contributed by atoms with Gasteiger partial charge >= 0.3 is 0 Å². The summed E-state index contributed by atoms with van der Waals surface area (Å²) in [6.07, 6.45) is 2.04. The topological polar surface area (TPSA) is 50.4 Å². The molecule has 140 valence electrons. The molecule has 2 unspecified atom stereocenters. The van der Waals surface area contributed by atoms with Crippen LogP contribution in [0.5, 0.6) is 5.75 Å². The molecule has 2 N–H and O–H groups in total. The molecule has 0 aliphatic carbocycles. The third-order valence-electron chi connectivity index (χ3n) is 4.86. The largest absolute Gasteiger partial charge is 0.496 e. The van der Waals surface area contributed by atoms with Gasteiger partial charge in [0.2, 0.25) is 5.91 Å². The summed E-state index contributed by atoms with van der Waals surface area (Å²) in [4.78, 5) is 12.4. The van der Waals surface area contributed by atoms with Gasteiger partial charge in [-0.05, 0) is 43.5 Å². The lowest BCUT2D eigenvalue weighted by Crippen LogP contribution is -2.41. The molecule has 1 amide bonds. The number of piperidine rings is 1. The number of halogens is 1. The van der Waals surface area contributed by atoms with Crippen LogP contribution in [0.3, 0.4) is 0 Å². The molecule has 2 atom stereocenters. The maximum atomic E-state index is 12.4. The van der Waals surface area contributed by atoms with Gasteiger partial charge in [-0.1, -0.05) is 42.5 Å². The van der Waals surface area contributed by atoms with Crippen LogP contribution in [0.15, 0.2) is 48.5 Å². The number of amides is 1. The summed E-state index contributed by atoms with van der Waals surface area (Å²) in [6, 6.07) is 16.3. The van der Waals surface area contributed by atoms with Crippen LogP contribution >= 0.6 is 12.4 Å². The number of hydrogen-bond acceptors (Lipinski definition) is 3. The number of ether oxygens (including phenoxy) is 1. The first-order valence-corrected chi connectivity index (χ1v) is 8.93. The van der Waals surface area contributed by atoms with E-state index in [0.29, 0.717) is 0 Å². The second kappa shape index (κ2) is 9.60. The fourth-order valence-corrected chi connectivity index (χ4v) is 3.32. The predicted molar refractivity (Wildman–Crippen MR) is 108 cm³/mol. The minimum atomic E-state index is 0. The van der Waals surface area contributed by atoms with E-state index in [1.807, 2.05) is 25.1 Å². The fourth-order valence-electron chi connectivity index (χ4n) is 3.32. The lowest BCUT2D eigenvalue weighted by molar-refractivity contribution is -0.126. The Bertz CT molecular complexity index is 712. The van der Waals surface area contributed by atoms with Crippen LogP contribution < -0.4 is 15.4 Å². The van der Waals surface area contributed by atoms with E-state index >= 15 is 0 Å². The summed E-state index contributed by atoms with van der Waals surface area (Å²) < 4.78 is 5.43. The Labute approximate surface area is 161 Å². The maximum Gasteiger partial charge on any atom is 0.224 e. The molecule has 5 heteroatoms. The zero-order valence-electron chi connectivity index (χ0n) is 15.3. The van der Waals surface area contributed by atoms with Gasteiger partial charge in [0.15, 0.2) is 0 Å². The Morgan fingerprint density at radius 2 is 1.92 bits per heavy atom. The van der Waals surface area contributed by atoms with Crippen molar-refractivity contribution < 1.29 is 9.53 Å². The van der Waals surface area contributed by atoms with Crippen LogP contribution in [0.1, 0.15) is 31.4 Å². The van der Waals surface area contributed by atoms with Crippen molar-refractivity contribution in [2.24, 2.45) is 5.92 Å². The van der Waals surface area contributed by atoms with E-state index in [4.69, 9.17) is 4.74 Å². The van der Waals surface area contributed by atoms with Crippen molar-refractivity contribution in [3.8, 4) is 16.9 Å². The first kappa shape index (κ1) is 20.3. The van der Waals surface area contributed by atoms with E-state index in [1.165, 1.54) is 0 Å². The van der Waals surface area contributed by atoms with Gasteiger partial charge in [-0.15, -0.1) is 12.4 Å². The van der Waals surface area contributed by atoms with Crippen molar-refractivity contribution in [1.82, 2.24) is 10.6 Å². The zero-order valence-corrected chi connectivity index (χ0v) is 16.1. The molecule has 0 radical (unpaired) electrons. The second-order valence-electron chi connectivity index (χ2n) is 6.60. The molecular weight excluding hydrogens is 348 g/mol. The molecule has 1 aliphatic rings. The Hall–Kier alpha value is -2.04. The maximum absolute atomic E-state index is 12.4. The monoisotopic (exact) mass is 374 g/mol. The third kappa shape index (κ3) is 4.77. The molecule has 1 fully saturated rings. The highest BCUT2D eigenvalue weighted by atomic mass is 35.5. The number of carbonyl (C=O) groups is 1. The standard InChI is InChI=1S/C21H26N2O2.ClH/c1-15(23-21(24)18-6-5-13-22-14-18)16-9-11-17(12-10-16)19-7-3-4-8-20(19)25-2;/h3-4,7-12,15,18,22H,5-6,13-14H2,1-2H3,(H,23,24);1H. The molecule has 2 aromatic carbocycles. The number of rotatable bonds is 5. The Kier molecular flexibility index (Phi) is 7.49. The number of para-hydroxylation sites is 1. The molecule has 1 heterocycles. The molecule has 0 bridgehead atoms. The zero-order chi connectivity index (χ0) is 17.6. The van der Waals surface area contributed by atoms with Gasteiger partial charge in [0.25, 0.3) is 0 Å². The van der Waals surface area contributed by atoms with Crippen LogP contribution in [-0.2, 0) is 4.79 Å². The second-order valence-corrected chi connectivity index (χ2v) is 6.60. The smallest absolute Gasteiger partial charge is 0.224 e. The highest BCUT2D eigenvalue weighted by molar-refractivity contribution is 5.85. The minimum Gasteiger partial charge on any atom is -0.496 e. The van der Waals surface area contributed by atoms with Crippen molar-refractivity contribution in [1.29, 1.82) is 0 Å². The van der Waals surface area contributed by atoms with Crippen molar-refractivity contribution in [2.75, 3.05) is 20.2 Å². The van der Waals surface area contributed by atoms with E-state index in [0.717, 1.165) is 48.4 Å². The van der Waals surface area contributed by atoms with Gasteiger partial charge in [0, 0.05) is 12.1 Å². The highest BCUT2D eigenvalue weighted by Crippen LogP contribution is 2.30.